The van der Waals surface area contributed by atoms with Crippen molar-refractivity contribution in [3.05, 3.63) is 23.0 Å². The fourth-order valence-electron chi connectivity index (χ4n) is 1.51. The van der Waals surface area contributed by atoms with E-state index in [1.807, 2.05) is 26.2 Å². The average Bonchev–Trinajstić information content (AvgIpc) is 2.99. The lowest BCUT2D eigenvalue weighted by Crippen LogP contribution is -2.25. The number of carbonyl (C=O) groups excluding carboxylic acids is 1. The number of rotatable bonds is 6. The predicted molar refractivity (Wildman–Crippen MR) is 73.3 cm³/mol. The topological polar surface area (TPSA) is 84.7 Å². The average molecular weight is 280 g/mol. The zero-order chi connectivity index (χ0) is 13.7. The number of amides is 1. The van der Waals surface area contributed by atoms with E-state index in [0.29, 0.717) is 23.1 Å². The van der Waals surface area contributed by atoms with E-state index in [4.69, 9.17) is 0 Å². The minimum atomic E-state index is -0.197. The second-order valence-electron chi connectivity index (χ2n) is 3.93. The van der Waals surface area contributed by atoms with E-state index in [-0.39, 0.29) is 5.91 Å². The van der Waals surface area contributed by atoms with Crippen LogP contribution in [-0.4, -0.2) is 39.0 Å². The Morgan fingerprint density at radius 2 is 2.32 bits per heavy atom. The highest BCUT2D eigenvalue weighted by molar-refractivity contribution is 7.17. The maximum absolute atomic E-state index is 11.8. The summed E-state index contributed by atoms with van der Waals surface area (Å²) in [4.78, 5) is 11.8. The summed E-state index contributed by atoms with van der Waals surface area (Å²) in [7, 11) is 1.87. The fraction of sp³-hybridized carbons (Fsp3) is 0.455. The molecule has 0 atom stereocenters. The zero-order valence-electron chi connectivity index (χ0n) is 10.9. The Morgan fingerprint density at radius 1 is 1.47 bits per heavy atom. The standard InChI is InChI=1S/C11H16N6OS/c1-3-12-11-15-14-10(19-11)9(18)13-6-4-8-5-7-17(2)16-8/h5,7H,3-4,6H2,1-2H3,(H,12,15)(H,13,18). The minimum absolute atomic E-state index is 0.197. The van der Waals surface area contributed by atoms with Crippen LogP contribution in [0, 0.1) is 0 Å². The van der Waals surface area contributed by atoms with Crippen LogP contribution in [0.5, 0.6) is 0 Å². The third-order valence-corrected chi connectivity index (χ3v) is 3.26. The maximum Gasteiger partial charge on any atom is 0.282 e. The van der Waals surface area contributed by atoms with Gasteiger partial charge in [0.15, 0.2) is 0 Å². The van der Waals surface area contributed by atoms with E-state index in [9.17, 15) is 4.79 Å². The Balaban J connectivity index is 1.80. The van der Waals surface area contributed by atoms with Crippen molar-refractivity contribution in [2.24, 2.45) is 7.05 Å². The number of hydrogen-bond donors (Lipinski definition) is 2. The van der Waals surface area contributed by atoms with Crippen molar-refractivity contribution in [1.82, 2.24) is 25.3 Å². The molecule has 0 spiro atoms. The number of nitrogens with zero attached hydrogens (tertiary/aromatic N) is 4. The van der Waals surface area contributed by atoms with Crippen molar-refractivity contribution in [3.63, 3.8) is 0 Å². The van der Waals surface area contributed by atoms with Crippen molar-refractivity contribution < 1.29 is 4.79 Å². The van der Waals surface area contributed by atoms with Gasteiger partial charge in [-0.2, -0.15) is 5.10 Å². The molecule has 19 heavy (non-hydrogen) atoms. The highest BCUT2D eigenvalue weighted by Crippen LogP contribution is 2.14. The third kappa shape index (κ3) is 3.75. The van der Waals surface area contributed by atoms with Crippen LogP contribution in [0.2, 0.25) is 0 Å². The van der Waals surface area contributed by atoms with E-state index in [1.54, 1.807) is 4.68 Å². The van der Waals surface area contributed by atoms with Crippen molar-refractivity contribution in [3.8, 4) is 0 Å². The molecule has 0 aliphatic heterocycles. The Morgan fingerprint density at radius 3 is 3.00 bits per heavy atom. The Kier molecular flexibility index (Phi) is 4.45. The largest absolute Gasteiger partial charge is 0.360 e. The van der Waals surface area contributed by atoms with Gasteiger partial charge in [0.1, 0.15) is 0 Å². The van der Waals surface area contributed by atoms with Crippen LogP contribution in [0.15, 0.2) is 12.3 Å². The summed E-state index contributed by atoms with van der Waals surface area (Å²) in [6, 6.07) is 1.93. The second-order valence-corrected chi connectivity index (χ2v) is 4.91. The van der Waals surface area contributed by atoms with Crippen LogP contribution < -0.4 is 10.6 Å². The van der Waals surface area contributed by atoms with E-state index in [1.165, 1.54) is 11.3 Å². The summed E-state index contributed by atoms with van der Waals surface area (Å²) in [5.41, 5.74) is 0.952. The quantitative estimate of drug-likeness (QED) is 0.812. The van der Waals surface area contributed by atoms with Crippen LogP contribution in [0.3, 0.4) is 0 Å². The smallest absolute Gasteiger partial charge is 0.282 e. The molecule has 8 heteroatoms. The summed E-state index contributed by atoms with van der Waals surface area (Å²) in [5, 5.41) is 18.8. The lowest BCUT2D eigenvalue weighted by molar-refractivity contribution is 0.0953. The third-order valence-electron chi connectivity index (χ3n) is 2.38. The molecule has 2 N–H and O–H groups in total. The van der Waals surface area contributed by atoms with Gasteiger partial charge in [-0.05, 0) is 13.0 Å². The molecule has 0 saturated heterocycles. The molecule has 102 valence electrons. The number of aromatic nitrogens is 4. The maximum atomic E-state index is 11.8. The van der Waals surface area contributed by atoms with Gasteiger partial charge in [-0.1, -0.05) is 11.3 Å². The Labute approximate surface area is 115 Å². The monoisotopic (exact) mass is 280 g/mol. The molecule has 2 rings (SSSR count). The van der Waals surface area contributed by atoms with Gasteiger partial charge in [0.25, 0.3) is 5.91 Å². The van der Waals surface area contributed by atoms with Gasteiger partial charge in [0.05, 0.1) is 5.69 Å². The first-order valence-electron chi connectivity index (χ1n) is 6.03. The van der Waals surface area contributed by atoms with Gasteiger partial charge < -0.3 is 10.6 Å². The molecule has 2 heterocycles. The first-order chi connectivity index (χ1) is 9.19. The Bertz CT molecular complexity index is 549. The van der Waals surface area contributed by atoms with Gasteiger partial charge >= 0.3 is 0 Å². The molecule has 0 bridgehead atoms. The SMILES string of the molecule is CCNc1nnc(C(=O)NCCc2ccn(C)n2)s1. The first kappa shape index (κ1) is 13.5. The number of carbonyl (C=O) groups is 1. The molecule has 0 fully saturated rings. The summed E-state index contributed by atoms with van der Waals surface area (Å²) < 4.78 is 1.74. The molecule has 0 unspecified atom stereocenters. The lowest BCUT2D eigenvalue weighted by Gasteiger charge is -2.00. The van der Waals surface area contributed by atoms with Gasteiger partial charge in [-0.3, -0.25) is 9.48 Å². The van der Waals surface area contributed by atoms with Crippen molar-refractivity contribution >= 4 is 22.4 Å². The summed E-state index contributed by atoms with van der Waals surface area (Å²) in [6.07, 6.45) is 2.58. The van der Waals surface area contributed by atoms with Crippen molar-refractivity contribution in [2.45, 2.75) is 13.3 Å². The molecule has 1 amide bonds. The number of aryl methyl sites for hydroxylation is 1. The molecular formula is C11H16N6OS. The summed E-state index contributed by atoms with van der Waals surface area (Å²) in [6.45, 7) is 3.26. The van der Waals surface area contributed by atoms with Gasteiger partial charge in [-0.15, -0.1) is 10.2 Å². The second kappa shape index (κ2) is 6.28. The normalized spacial score (nSPS) is 10.4. The van der Waals surface area contributed by atoms with E-state index >= 15 is 0 Å². The van der Waals surface area contributed by atoms with Crippen LogP contribution in [0.4, 0.5) is 5.13 Å². The highest BCUT2D eigenvalue weighted by Gasteiger charge is 2.11. The van der Waals surface area contributed by atoms with Crippen molar-refractivity contribution in [1.29, 1.82) is 0 Å². The molecule has 7 nitrogen and oxygen atoms in total. The minimum Gasteiger partial charge on any atom is -0.360 e. The van der Waals surface area contributed by atoms with Crippen LogP contribution in [0.1, 0.15) is 22.4 Å². The molecule has 0 aliphatic rings. The van der Waals surface area contributed by atoms with E-state index < -0.39 is 0 Å². The predicted octanol–water partition coefficient (Wildman–Crippen LogP) is 0.676. The van der Waals surface area contributed by atoms with Gasteiger partial charge in [0, 0.05) is 32.8 Å². The molecular weight excluding hydrogens is 264 g/mol. The summed E-state index contributed by atoms with van der Waals surface area (Å²) in [5.74, 6) is -0.197. The van der Waals surface area contributed by atoms with Crippen LogP contribution in [0.25, 0.3) is 0 Å². The molecule has 0 radical (unpaired) electrons. The first-order valence-corrected chi connectivity index (χ1v) is 6.84. The molecule has 0 saturated carbocycles. The molecule has 0 aliphatic carbocycles. The number of anilines is 1. The molecule has 2 aromatic rings. The molecule has 0 aromatic carbocycles. The van der Waals surface area contributed by atoms with Gasteiger partial charge in [0.2, 0.25) is 10.1 Å². The zero-order valence-corrected chi connectivity index (χ0v) is 11.7. The van der Waals surface area contributed by atoms with E-state index in [0.717, 1.165) is 12.2 Å². The number of hydrogen-bond acceptors (Lipinski definition) is 6. The van der Waals surface area contributed by atoms with Crippen LogP contribution >= 0.6 is 11.3 Å². The Hall–Kier alpha value is -1.96. The van der Waals surface area contributed by atoms with Crippen molar-refractivity contribution in [2.75, 3.05) is 18.4 Å². The van der Waals surface area contributed by atoms with E-state index in [2.05, 4.69) is 25.9 Å². The molecule has 2 aromatic heterocycles. The number of nitrogens with one attached hydrogen (secondary N) is 2. The fourth-order valence-corrected chi connectivity index (χ4v) is 2.24. The highest BCUT2D eigenvalue weighted by atomic mass is 32.1. The summed E-state index contributed by atoms with van der Waals surface area (Å²) >= 11 is 1.25. The van der Waals surface area contributed by atoms with Gasteiger partial charge in [-0.25, -0.2) is 0 Å². The van der Waals surface area contributed by atoms with Crippen LogP contribution in [-0.2, 0) is 13.5 Å². The lowest BCUT2D eigenvalue weighted by atomic mass is 10.3.